The molecule has 1 aliphatic rings. The number of hydrogen-bond acceptors (Lipinski definition) is 4. The van der Waals surface area contributed by atoms with Crippen molar-refractivity contribution in [2.24, 2.45) is 0 Å². The van der Waals surface area contributed by atoms with Crippen molar-refractivity contribution in [2.75, 3.05) is 11.4 Å². The zero-order valence-electron chi connectivity index (χ0n) is 18.4. The van der Waals surface area contributed by atoms with Gasteiger partial charge in [0.15, 0.2) is 0 Å². The Morgan fingerprint density at radius 3 is 2.45 bits per heavy atom. The molecule has 0 spiro atoms. The van der Waals surface area contributed by atoms with Crippen LogP contribution in [-0.4, -0.2) is 22.9 Å². The van der Waals surface area contributed by atoms with Gasteiger partial charge in [-0.15, -0.1) is 25.6 Å². The van der Waals surface area contributed by atoms with Crippen LogP contribution >= 0.6 is 24.0 Å². The lowest BCUT2D eigenvalue weighted by molar-refractivity contribution is -0.274. The number of alkyl halides is 3. The molecule has 2 heterocycles. The molecule has 1 atom stereocenters. The number of aryl methyl sites for hydroxylation is 1. The van der Waals surface area contributed by atoms with Crippen LogP contribution in [0, 0.1) is 13.8 Å². The van der Waals surface area contributed by atoms with E-state index >= 15 is 0 Å². The van der Waals surface area contributed by atoms with Gasteiger partial charge in [-0.25, -0.2) is 9.97 Å². The van der Waals surface area contributed by atoms with Gasteiger partial charge in [-0.1, -0.05) is 29.8 Å². The van der Waals surface area contributed by atoms with E-state index < -0.39 is 6.36 Å². The first kappa shape index (κ1) is 25.1. The number of fused-ring (bicyclic) bond motifs is 1. The van der Waals surface area contributed by atoms with Gasteiger partial charge in [-0.05, 0) is 68.1 Å². The van der Waals surface area contributed by atoms with Crippen molar-refractivity contribution in [1.82, 2.24) is 9.97 Å². The van der Waals surface area contributed by atoms with Crippen molar-refractivity contribution in [1.29, 1.82) is 0 Å². The quantitative estimate of drug-likeness (QED) is 0.398. The number of halogens is 5. The molecule has 0 bridgehead atoms. The molecule has 4 rings (SSSR count). The van der Waals surface area contributed by atoms with Crippen LogP contribution in [0.25, 0.3) is 0 Å². The third-order valence-electron chi connectivity index (χ3n) is 5.85. The van der Waals surface area contributed by atoms with E-state index in [1.807, 2.05) is 26.0 Å². The first-order valence-corrected chi connectivity index (χ1v) is 10.7. The molecule has 0 fully saturated rings. The van der Waals surface area contributed by atoms with E-state index in [0.29, 0.717) is 12.2 Å². The van der Waals surface area contributed by atoms with E-state index in [-0.39, 0.29) is 24.2 Å². The third kappa shape index (κ3) is 5.71. The van der Waals surface area contributed by atoms with Crippen LogP contribution in [0.2, 0.25) is 5.02 Å². The first-order valence-electron chi connectivity index (χ1n) is 10.3. The van der Waals surface area contributed by atoms with Crippen LogP contribution in [0.5, 0.6) is 5.75 Å². The molecule has 0 saturated heterocycles. The standard InChI is InChI=1S/C24H23ClF3N3O.ClH/c1-14-15(2)29-22(12-17-4-7-20(8-5-17)32-24(26,27)28)30-23(14)31-11-10-18-13-19(25)6-9-21(18)16(31)3;/h4-9,13,16H,10-12H2,1-3H3;1H. The van der Waals surface area contributed by atoms with E-state index in [0.717, 1.165) is 40.6 Å². The van der Waals surface area contributed by atoms with Crippen LogP contribution in [0.4, 0.5) is 19.0 Å². The Balaban J connectivity index is 0.00000306. The average Bonchev–Trinajstić information content (AvgIpc) is 2.71. The minimum Gasteiger partial charge on any atom is -0.406 e. The van der Waals surface area contributed by atoms with Crippen LogP contribution in [0.1, 0.15) is 46.7 Å². The first-order chi connectivity index (χ1) is 15.1. The maximum Gasteiger partial charge on any atom is 0.573 e. The molecule has 0 radical (unpaired) electrons. The Morgan fingerprint density at radius 2 is 1.79 bits per heavy atom. The van der Waals surface area contributed by atoms with Crippen LogP contribution < -0.4 is 9.64 Å². The van der Waals surface area contributed by atoms with Gasteiger partial charge in [0.1, 0.15) is 17.4 Å². The number of anilines is 1. The van der Waals surface area contributed by atoms with Crippen LogP contribution in [0.15, 0.2) is 42.5 Å². The summed E-state index contributed by atoms with van der Waals surface area (Å²) >= 11 is 6.17. The van der Waals surface area contributed by atoms with Gasteiger partial charge in [-0.3, -0.25) is 0 Å². The highest BCUT2D eigenvalue weighted by Gasteiger charge is 2.31. The largest absolute Gasteiger partial charge is 0.573 e. The maximum absolute atomic E-state index is 12.4. The number of ether oxygens (including phenoxy) is 1. The van der Waals surface area contributed by atoms with Crippen molar-refractivity contribution in [3.63, 3.8) is 0 Å². The predicted molar refractivity (Wildman–Crippen MR) is 126 cm³/mol. The minimum absolute atomic E-state index is 0. The molecule has 2 aromatic carbocycles. The number of nitrogens with zero attached hydrogens (tertiary/aromatic N) is 3. The fourth-order valence-corrected chi connectivity index (χ4v) is 4.31. The van der Waals surface area contributed by atoms with Gasteiger partial charge in [0.05, 0.1) is 6.04 Å². The minimum atomic E-state index is -4.71. The Bertz CT molecular complexity index is 1140. The number of rotatable bonds is 4. The van der Waals surface area contributed by atoms with Gasteiger partial charge in [-0.2, -0.15) is 0 Å². The molecule has 1 aliphatic heterocycles. The Kier molecular flexibility index (Phi) is 7.44. The van der Waals surface area contributed by atoms with E-state index in [2.05, 4.69) is 27.6 Å². The molecule has 1 aromatic heterocycles. The molecule has 0 saturated carbocycles. The molecular weight excluding hydrogens is 474 g/mol. The number of hydrogen-bond donors (Lipinski definition) is 0. The van der Waals surface area contributed by atoms with E-state index in [1.54, 1.807) is 12.1 Å². The summed E-state index contributed by atoms with van der Waals surface area (Å²) in [7, 11) is 0. The van der Waals surface area contributed by atoms with Crippen molar-refractivity contribution in [2.45, 2.75) is 46.0 Å². The molecule has 1 unspecified atom stereocenters. The smallest absolute Gasteiger partial charge is 0.406 e. The molecule has 176 valence electrons. The van der Waals surface area contributed by atoms with Gasteiger partial charge >= 0.3 is 6.36 Å². The number of aromatic nitrogens is 2. The van der Waals surface area contributed by atoms with E-state index in [1.165, 1.54) is 23.3 Å². The molecule has 0 amide bonds. The molecule has 0 N–H and O–H groups in total. The molecule has 4 nitrogen and oxygen atoms in total. The Labute approximate surface area is 202 Å². The molecular formula is C24H24Cl2F3N3O. The summed E-state index contributed by atoms with van der Waals surface area (Å²) < 4.78 is 41.1. The fraction of sp³-hybridized carbons (Fsp3) is 0.333. The topological polar surface area (TPSA) is 38.3 Å². The summed E-state index contributed by atoms with van der Waals surface area (Å²) in [5.41, 5.74) is 5.20. The lowest BCUT2D eigenvalue weighted by Gasteiger charge is -2.37. The van der Waals surface area contributed by atoms with Crippen LogP contribution in [-0.2, 0) is 12.8 Å². The molecule has 33 heavy (non-hydrogen) atoms. The number of benzene rings is 2. The lowest BCUT2D eigenvalue weighted by Crippen LogP contribution is -2.35. The predicted octanol–water partition coefficient (Wildman–Crippen LogP) is 6.78. The fourth-order valence-electron chi connectivity index (χ4n) is 4.11. The van der Waals surface area contributed by atoms with Gasteiger partial charge in [0.25, 0.3) is 0 Å². The highest BCUT2D eigenvalue weighted by Crippen LogP contribution is 2.35. The summed E-state index contributed by atoms with van der Waals surface area (Å²) in [6.45, 7) is 6.94. The average molecular weight is 498 g/mol. The van der Waals surface area contributed by atoms with E-state index in [4.69, 9.17) is 16.6 Å². The highest BCUT2D eigenvalue weighted by atomic mass is 35.5. The zero-order valence-corrected chi connectivity index (χ0v) is 20.0. The van der Waals surface area contributed by atoms with Crippen molar-refractivity contribution < 1.29 is 17.9 Å². The third-order valence-corrected chi connectivity index (χ3v) is 6.08. The highest BCUT2D eigenvalue weighted by molar-refractivity contribution is 6.30. The van der Waals surface area contributed by atoms with Gasteiger partial charge < -0.3 is 9.64 Å². The molecule has 0 aliphatic carbocycles. The van der Waals surface area contributed by atoms with Crippen molar-refractivity contribution in [3.05, 3.63) is 81.3 Å². The normalized spacial score (nSPS) is 15.6. The van der Waals surface area contributed by atoms with Gasteiger partial charge in [0, 0.05) is 29.2 Å². The monoisotopic (exact) mass is 497 g/mol. The molecule has 9 heteroatoms. The second-order valence-corrected chi connectivity index (χ2v) is 8.44. The van der Waals surface area contributed by atoms with Gasteiger partial charge in [0.2, 0.25) is 0 Å². The maximum atomic E-state index is 12.4. The van der Waals surface area contributed by atoms with Crippen LogP contribution in [0.3, 0.4) is 0 Å². The summed E-state index contributed by atoms with van der Waals surface area (Å²) in [5, 5.41) is 0.743. The second kappa shape index (κ2) is 9.77. The SMILES string of the molecule is Cc1nc(Cc2ccc(OC(F)(F)F)cc2)nc(N2CCc3cc(Cl)ccc3C2C)c1C.Cl. The summed E-state index contributed by atoms with van der Waals surface area (Å²) in [4.78, 5) is 11.8. The van der Waals surface area contributed by atoms with Crippen molar-refractivity contribution in [3.8, 4) is 5.75 Å². The zero-order chi connectivity index (χ0) is 23.0. The summed E-state index contributed by atoms with van der Waals surface area (Å²) in [6.07, 6.45) is -3.42. The molecule has 3 aromatic rings. The van der Waals surface area contributed by atoms with Crippen molar-refractivity contribution >= 4 is 29.8 Å². The summed E-state index contributed by atoms with van der Waals surface area (Å²) in [6, 6.07) is 12.0. The Morgan fingerprint density at radius 1 is 1.09 bits per heavy atom. The van der Waals surface area contributed by atoms with E-state index in [9.17, 15) is 13.2 Å². The lowest BCUT2D eigenvalue weighted by atomic mass is 9.93. The summed E-state index contributed by atoms with van der Waals surface area (Å²) in [5.74, 6) is 1.27. The second-order valence-electron chi connectivity index (χ2n) is 8.00. The Hall–Kier alpha value is -2.51.